The van der Waals surface area contributed by atoms with E-state index in [1.54, 1.807) is 0 Å². The van der Waals surface area contributed by atoms with Gasteiger partial charge in [-0.05, 0) is 42.7 Å². The highest BCUT2D eigenvalue weighted by Crippen LogP contribution is 2.25. The molecule has 2 rings (SSSR count). The SMILES string of the molecule is Cc1ccc(C(N)c2cccc(N(C)C)c2)c(C)c1. The van der Waals surface area contributed by atoms with E-state index in [9.17, 15) is 0 Å². The van der Waals surface area contributed by atoms with Crippen molar-refractivity contribution in [2.24, 2.45) is 5.73 Å². The summed E-state index contributed by atoms with van der Waals surface area (Å²) in [6, 6.07) is 14.8. The lowest BCUT2D eigenvalue weighted by Gasteiger charge is -2.19. The Balaban J connectivity index is 2.38. The molecule has 0 saturated heterocycles. The maximum Gasteiger partial charge on any atom is 0.0555 e. The van der Waals surface area contributed by atoms with Gasteiger partial charge in [0.1, 0.15) is 0 Å². The van der Waals surface area contributed by atoms with E-state index in [2.05, 4.69) is 61.2 Å². The standard InChI is InChI=1S/C17H22N2/c1-12-8-9-16(13(2)10-12)17(18)14-6-5-7-15(11-14)19(3)4/h5-11,17H,18H2,1-4H3. The highest BCUT2D eigenvalue weighted by Gasteiger charge is 2.12. The summed E-state index contributed by atoms with van der Waals surface area (Å²) >= 11 is 0. The zero-order chi connectivity index (χ0) is 14.0. The van der Waals surface area contributed by atoms with E-state index in [1.807, 2.05) is 14.1 Å². The van der Waals surface area contributed by atoms with Crippen LogP contribution in [0.2, 0.25) is 0 Å². The Hall–Kier alpha value is -1.80. The van der Waals surface area contributed by atoms with Crippen LogP contribution in [0.15, 0.2) is 42.5 Å². The van der Waals surface area contributed by atoms with Gasteiger partial charge in [-0.2, -0.15) is 0 Å². The molecular weight excluding hydrogens is 232 g/mol. The summed E-state index contributed by atoms with van der Waals surface area (Å²) in [5, 5.41) is 0. The van der Waals surface area contributed by atoms with Crippen LogP contribution in [0, 0.1) is 13.8 Å². The van der Waals surface area contributed by atoms with Crippen molar-refractivity contribution >= 4 is 5.69 Å². The molecule has 0 fully saturated rings. The van der Waals surface area contributed by atoms with Crippen LogP contribution in [0.5, 0.6) is 0 Å². The first-order valence-corrected chi connectivity index (χ1v) is 6.59. The predicted octanol–water partition coefficient (Wildman–Crippen LogP) is 3.42. The zero-order valence-corrected chi connectivity index (χ0v) is 12.1. The molecule has 0 aromatic heterocycles. The lowest BCUT2D eigenvalue weighted by atomic mass is 9.94. The van der Waals surface area contributed by atoms with E-state index in [-0.39, 0.29) is 6.04 Å². The number of aryl methyl sites for hydroxylation is 2. The van der Waals surface area contributed by atoms with E-state index < -0.39 is 0 Å². The molecule has 2 N–H and O–H groups in total. The fourth-order valence-electron chi connectivity index (χ4n) is 2.35. The zero-order valence-electron chi connectivity index (χ0n) is 12.1. The Morgan fingerprint density at radius 3 is 2.37 bits per heavy atom. The summed E-state index contributed by atoms with van der Waals surface area (Å²) < 4.78 is 0. The number of anilines is 1. The lowest BCUT2D eigenvalue weighted by molar-refractivity contribution is 0.859. The predicted molar refractivity (Wildman–Crippen MR) is 82.7 cm³/mol. The number of rotatable bonds is 3. The smallest absolute Gasteiger partial charge is 0.0555 e. The lowest BCUT2D eigenvalue weighted by Crippen LogP contribution is -2.15. The Labute approximate surface area is 115 Å². The van der Waals surface area contributed by atoms with Gasteiger partial charge in [-0.25, -0.2) is 0 Å². The molecule has 0 bridgehead atoms. The van der Waals surface area contributed by atoms with E-state index in [0.29, 0.717) is 0 Å². The Morgan fingerprint density at radius 2 is 1.74 bits per heavy atom. The molecule has 0 aliphatic rings. The molecule has 2 aromatic rings. The molecule has 0 aliphatic heterocycles. The number of hydrogen-bond acceptors (Lipinski definition) is 2. The van der Waals surface area contributed by atoms with Crippen molar-refractivity contribution < 1.29 is 0 Å². The number of nitrogens with two attached hydrogens (primary N) is 1. The molecular formula is C17H22N2. The highest BCUT2D eigenvalue weighted by molar-refractivity contribution is 5.50. The minimum absolute atomic E-state index is 0.0690. The Bertz CT molecular complexity index is 573. The molecule has 0 radical (unpaired) electrons. The molecule has 19 heavy (non-hydrogen) atoms. The quantitative estimate of drug-likeness (QED) is 0.909. The van der Waals surface area contributed by atoms with Crippen molar-refractivity contribution in [3.8, 4) is 0 Å². The van der Waals surface area contributed by atoms with Crippen LogP contribution in [0.3, 0.4) is 0 Å². The fourth-order valence-corrected chi connectivity index (χ4v) is 2.35. The second-order valence-electron chi connectivity index (χ2n) is 5.33. The summed E-state index contributed by atoms with van der Waals surface area (Å²) in [6.07, 6.45) is 0. The van der Waals surface area contributed by atoms with Crippen LogP contribution in [-0.4, -0.2) is 14.1 Å². The van der Waals surface area contributed by atoms with Crippen molar-refractivity contribution in [1.29, 1.82) is 0 Å². The molecule has 0 heterocycles. The van der Waals surface area contributed by atoms with E-state index in [4.69, 9.17) is 5.73 Å². The van der Waals surface area contributed by atoms with Gasteiger partial charge in [0, 0.05) is 19.8 Å². The maximum absolute atomic E-state index is 6.42. The van der Waals surface area contributed by atoms with Gasteiger partial charge in [0.25, 0.3) is 0 Å². The fraction of sp³-hybridized carbons (Fsp3) is 0.294. The summed E-state index contributed by atoms with van der Waals surface area (Å²) in [5.41, 5.74) is 12.5. The molecule has 2 nitrogen and oxygen atoms in total. The van der Waals surface area contributed by atoms with E-state index in [0.717, 1.165) is 5.56 Å². The minimum atomic E-state index is -0.0690. The number of hydrogen-bond donors (Lipinski definition) is 1. The third kappa shape index (κ3) is 2.96. The average Bonchev–Trinajstić information content (AvgIpc) is 2.38. The molecule has 100 valence electrons. The van der Waals surface area contributed by atoms with Crippen molar-refractivity contribution in [1.82, 2.24) is 0 Å². The van der Waals surface area contributed by atoms with Gasteiger partial charge in [-0.3, -0.25) is 0 Å². The van der Waals surface area contributed by atoms with Gasteiger partial charge in [0.15, 0.2) is 0 Å². The van der Waals surface area contributed by atoms with Crippen molar-refractivity contribution in [2.75, 3.05) is 19.0 Å². The molecule has 0 amide bonds. The van der Waals surface area contributed by atoms with Crippen LogP contribution < -0.4 is 10.6 Å². The molecule has 1 atom stereocenters. The third-order valence-electron chi connectivity index (χ3n) is 3.51. The maximum atomic E-state index is 6.42. The Morgan fingerprint density at radius 1 is 1.00 bits per heavy atom. The summed E-state index contributed by atoms with van der Waals surface area (Å²) in [4.78, 5) is 2.10. The van der Waals surface area contributed by atoms with Gasteiger partial charge >= 0.3 is 0 Å². The monoisotopic (exact) mass is 254 g/mol. The van der Waals surface area contributed by atoms with Crippen LogP contribution in [0.4, 0.5) is 5.69 Å². The first-order chi connectivity index (χ1) is 8.99. The normalized spacial score (nSPS) is 12.3. The summed E-state index contributed by atoms with van der Waals surface area (Å²) in [6.45, 7) is 4.23. The van der Waals surface area contributed by atoms with E-state index in [1.165, 1.54) is 22.4 Å². The first-order valence-electron chi connectivity index (χ1n) is 6.59. The molecule has 0 aliphatic carbocycles. The number of nitrogens with zero attached hydrogens (tertiary/aromatic N) is 1. The molecule has 2 aromatic carbocycles. The number of benzene rings is 2. The molecule has 1 unspecified atom stereocenters. The Kier molecular flexibility index (Phi) is 3.91. The van der Waals surface area contributed by atoms with Crippen molar-refractivity contribution in [2.45, 2.75) is 19.9 Å². The van der Waals surface area contributed by atoms with Crippen molar-refractivity contribution in [3.05, 3.63) is 64.7 Å². The summed E-state index contributed by atoms with van der Waals surface area (Å²) in [5.74, 6) is 0. The second kappa shape index (κ2) is 5.45. The minimum Gasteiger partial charge on any atom is -0.378 e. The highest BCUT2D eigenvalue weighted by atomic mass is 15.1. The average molecular weight is 254 g/mol. The van der Waals surface area contributed by atoms with Crippen molar-refractivity contribution in [3.63, 3.8) is 0 Å². The van der Waals surface area contributed by atoms with Gasteiger partial charge in [-0.1, -0.05) is 35.9 Å². The van der Waals surface area contributed by atoms with Crippen LogP contribution >= 0.6 is 0 Å². The first kappa shape index (κ1) is 13.6. The van der Waals surface area contributed by atoms with Gasteiger partial charge < -0.3 is 10.6 Å². The van der Waals surface area contributed by atoms with Crippen LogP contribution in [0.1, 0.15) is 28.3 Å². The van der Waals surface area contributed by atoms with Crippen LogP contribution in [-0.2, 0) is 0 Å². The van der Waals surface area contributed by atoms with E-state index >= 15 is 0 Å². The van der Waals surface area contributed by atoms with Crippen LogP contribution in [0.25, 0.3) is 0 Å². The topological polar surface area (TPSA) is 29.3 Å². The second-order valence-corrected chi connectivity index (χ2v) is 5.33. The summed E-state index contributed by atoms with van der Waals surface area (Å²) in [7, 11) is 4.09. The van der Waals surface area contributed by atoms with Gasteiger partial charge in [-0.15, -0.1) is 0 Å². The molecule has 0 spiro atoms. The largest absolute Gasteiger partial charge is 0.378 e. The third-order valence-corrected chi connectivity index (χ3v) is 3.51. The van der Waals surface area contributed by atoms with Gasteiger partial charge in [0.05, 0.1) is 6.04 Å². The molecule has 2 heteroatoms. The van der Waals surface area contributed by atoms with Gasteiger partial charge in [0.2, 0.25) is 0 Å². The molecule has 0 saturated carbocycles.